The smallest absolute Gasteiger partial charge is 0.261 e. The first-order valence-electron chi connectivity index (χ1n) is 9.40. The molecule has 0 unspecified atom stereocenters. The number of benzene rings is 3. The van der Waals surface area contributed by atoms with E-state index in [9.17, 15) is 8.42 Å². The van der Waals surface area contributed by atoms with E-state index in [0.717, 1.165) is 16.0 Å². The van der Waals surface area contributed by atoms with E-state index in [1.165, 1.54) is 0 Å². The lowest BCUT2D eigenvalue weighted by atomic mass is 10.0. The first-order chi connectivity index (χ1) is 14.8. The number of halogens is 1. The van der Waals surface area contributed by atoms with Crippen LogP contribution in [0.25, 0.3) is 0 Å². The Bertz CT molecular complexity index is 1160. The number of anilines is 1. The highest BCUT2D eigenvalue weighted by atomic mass is 35.5. The zero-order valence-electron chi connectivity index (χ0n) is 17.1. The molecule has 3 aromatic rings. The number of nitrogens with one attached hydrogen (secondary N) is 1. The summed E-state index contributed by atoms with van der Waals surface area (Å²) in [6.45, 7) is 0. The molecule has 0 bridgehead atoms. The molecule has 1 N–H and O–H groups in total. The monoisotopic (exact) mass is 475 g/mol. The summed E-state index contributed by atoms with van der Waals surface area (Å²) in [6, 6.07) is 18.9. The lowest BCUT2D eigenvalue weighted by Crippen LogP contribution is -2.13. The summed E-state index contributed by atoms with van der Waals surface area (Å²) in [5.74, 6) is 1.33. The van der Waals surface area contributed by atoms with Crippen molar-refractivity contribution < 1.29 is 17.9 Å². The molecule has 0 heterocycles. The van der Waals surface area contributed by atoms with Crippen LogP contribution in [0.5, 0.6) is 11.5 Å². The standard InChI is InChI=1S/C23H22ClNO4S2/c1-28-22-12-5-17(15-23(22)29-2)14-20(30)13-16-3-10-21(11-4-16)31(26,27)25-19-8-6-18(24)7-9-19/h3-12,15,25H,13-14H2,1-2H3. The van der Waals surface area contributed by atoms with Gasteiger partial charge in [-0.05, 0) is 59.7 Å². The van der Waals surface area contributed by atoms with Crippen molar-refractivity contribution in [3.05, 3.63) is 82.9 Å². The summed E-state index contributed by atoms with van der Waals surface area (Å²) in [5, 5.41) is 0.538. The minimum Gasteiger partial charge on any atom is -0.493 e. The zero-order chi connectivity index (χ0) is 22.4. The Labute approximate surface area is 193 Å². The van der Waals surface area contributed by atoms with Crippen LogP contribution < -0.4 is 14.2 Å². The SMILES string of the molecule is COc1ccc(CC(=S)Cc2ccc(S(=O)(=O)Nc3ccc(Cl)cc3)cc2)cc1OC. The van der Waals surface area contributed by atoms with Crippen molar-refractivity contribution in [3.63, 3.8) is 0 Å². The second kappa shape index (κ2) is 10.1. The summed E-state index contributed by atoms with van der Waals surface area (Å²) < 4.78 is 38.3. The quantitative estimate of drug-likeness (QED) is 0.425. The number of sulfonamides is 1. The Hall–Kier alpha value is -2.61. The largest absolute Gasteiger partial charge is 0.493 e. The van der Waals surface area contributed by atoms with Crippen LogP contribution in [0.1, 0.15) is 11.1 Å². The summed E-state index contributed by atoms with van der Waals surface area (Å²) in [4.78, 5) is 1.01. The molecule has 5 nitrogen and oxygen atoms in total. The third kappa shape index (κ3) is 6.19. The topological polar surface area (TPSA) is 64.6 Å². The highest BCUT2D eigenvalue weighted by Gasteiger charge is 2.14. The van der Waals surface area contributed by atoms with Gasteiger partial charge in [-0.15, -0.1) is 0 Å². The van der Waals surface area contributed by atoms with E-state index >= 15 is 0 Å². The summed E-state index contributed by atoms with van der Waals surface area (Å²) in [5.41, 5.74) is 2.41. The number of thiocarbonyl (C=S) groups is 1. The molecule has 0 atom stereocenters. The van der Waals surface area contributed by atoms with Gasteiger partial charge in [-0.3, -0.25) is 4.72 Å². The van der Waals surface area contributed by atoms with E-state index in [1.807, 2.05) is 18.2 Å². The lowest BCUT2D eigenvalue weighted by molar-refractivity contribution is 0.354. The van der Waals surface area contributed by atoms with Gasteiger partial charge in [0.25, 0.3) is 10.0 Å². The molecule has 0 fully saturated rings. The molecule has 3 rings (SSSR count). The first-order valence-corrected chi connectivity index (χ1v) is 11.7. The van der Waals surface area contributed by atoms with Crippen molar-refractivity contribution in [1.82, 2.24) is 0 Å². The van der Waals surface area contributed by atoms with Crippen molar-refractivity contribution in [2.24, 2.45) is 0 Å². The van der Waals surface area contributed by atoms with Gasteiger partial charge in [-0.25, -0.2) is 8.42 Å². The van der Waals surface area contributed by atoms with Gasteiger partial charge in [0.15, 0.2) is 11.5 Å². The third-order valence-corrected chi connectivity index (χ3v) is 6.52. The zero-order valence-corrected chi connectivity index (χ0v) is 19.5. The van der Waals surface area contributed by atoms with Crippen molar-refractivity contribution in [3.8, 4) is 11.5 Å². The van der Waals surface area contributed by atoms with Crippen LogP contribution in [-0.2, 0) is 22.9 Å². The first kappa shape index (κ1) is 23.1. The van der Waals surface area contributed by atoms with Crippen molar-refractivity contribution in [2.45, 2.75) is 17.7 Å². The normalized spacial score (nSPS) is 11.1. The number of hydrogen-bond donors (Lipinski definition) is 1. The molecule has 8 heteroatoms. The van der Waals surface area contributed by atoms with E-state index in [-0.39, 0.29) is 4.90 Å². The Morgan fingerprint density at radius 3 is 2.06 bits per heavy atom. The second-order valence-corrected chi connectivity index (χ2v) is 9.53. The van der Waals surface area contributed by atoms with Crippen LogP contribution >= 0.6 is 23.8 Å². The van der Waals surface area contributed by atoms with Gasteiger partial charge in [-0.2, -0.15) is 0 Å². The van der Waals surface area contributed by atoms with Crippen LogP contribution in [0.4, 0.5) is 5.69 Å². The van der Waals surface area contributed by atoms with Gasteiger partial charge >= 0.3 is 0 Å². The Morgan fingerprint density at radius 1 is 0.871 bits per heavy atom. The average molecular weight is 476 g/mol. The predicted molar refractivity (Wildman–Crippen MR) is 128 cm³/mol. The molecular weight excluding hydrogens is 454 g/mol. The minimum atomic E-state index is -3.69. The number of methoxy groups -OCH3 is 2. The number of hydrogen-bond acceptors (Lipinski definition) is 5. The van der Waals surface area contributed by atoms with Gasteiger partial charge in [0.1, 0.15) is 0 Å². The van der Waals surface area contributed by atoms with E-state index in [1.54, 1.807) is 62.8 Å². The maximum Gasteiger partial charge on any atom is 0.261 e. The van der Waals surface area contributed by atoms with Gasteiger partial charge in [0.05, 0.1) is 19.1 Å². The molecule has 0 aromatic heterocycles. The molecule has 162 valence electrons. The van der Waals surface area contributed by atoms with Gasteiger partial charge in [0, 0.05) is 28.4 Å². The fraction of sp³-hybridized carbons (Fsp3) is 0.174. The molecule has 0 aliphatic rings. The van der Waals surface area contributed by atoms with E-state index in [0.29, 0.717) is 35.1 Å². The second-order valence-electron chi connectivity index (χ2n) is 6.84. The van der Waals surface area contributed by atoms with Gasteiger partial charge < -0.3 is 9.47 Å². The molecule has 0 aliphatic heterocycles. The van der Waals surface area contributed by atoms with E-state index in [4.69, 9.17) is 33.3 Å². The van der Waals surface area contributed by atoms with Gasteiger partial charge in [-0.1, -0.05) is 42.0 Å². The Morgan fingerprint density at radius 2 is 1.45 bits per heavy atom. The van der Waals surface area contributed by atoms with Crippen LogP contribution in [0, 0.1) is 0 Å². The summed E-state index contributed by atoms with van der Waals surface area (Å²) >= 11 is 11.4. The predicted octanol–water partition coefficient (Wildman–Crippen LogP) is 5.31. The number of rotatable bonds is 9. The third-order valence-electron chi connectivity index (χ3n) is 4.58. The molecular formula is C23H22ClNO4S2. The molecule has 0 saturated carbocycles. The highest BCUT2D eigenvalue weighted by molar-refractivity contribution is 7.92. The van der Waals surface area contributed by atoms with Crippen LogP contribution in [0.3, 0.4) is 0 Å². The fourth-order valence-corrected chi connectivity index (χ4v) is 4.54. The van der Waals surface area contributed by atoms with Crippen LogP contribution in [0.2, 0.25) is 5.02 Å². The molecule has 0 saturated heterocycles. The summed E-state index contributed by atoms with van der Waals surface area (Å²) in [6.07, 6.45) is 1.17. The summed E-state index contributed by atoms with van der Waals surface area (Å²) in [7, 11) is -0.497. The maximum absolute atomic E-state index is 12.6. The molecule has 0 amide bonds. The van der Waals surface area contributed by atoms with Crippen molar-refractivity contribution in [2.75, 3.05) is 18.9 Å². The molecule has 31 heavy (non-hydrogen) atoms. The molecule has 0 aliphatic carbocycles. The van der Waals surface area contributed by atoms with Crippen LogP contribution in [-0.4, -0.2) is 27.5 Å². The average Bonchev–Trinajstić information content (AvgIpc) is 2.75. The van der Waals surface area contributed by atoms with Crippen molar-refractivity contribution >= 4 is 44.4 Å². The highest BCUT2D eigenvalue weighted by Crippen LogP contribution is 2.28. The maximum atomic E-state index is 12.6. The molecule has 0 radical (unpaired) electrons. The molecule has 3 aromatic carbocycles. The fourth-order valence-electron chi connectivity index (χ4n) is 3.03. The molecule has 0 spiro atoms. The van der Waals surface area contributed by atoms with E-state index < -0.39 is 10.0 Å². The Kier molecular flexibility index (Phi) is 7.54. The lowest BCUT2D eigenvalue weighted by Gasteiger charge is -2.11. The number of ether oxygens (including phenoxy) is 2. The Balaban J connectivity index is 1.64. The minimum absolute atomic E-state index is 0.178. The van der Waals surface area contributed by atoms with Gasteiger partial charge in [0.2, 0.25) is 0 Å². The van der Waals surface area contributed by atoms with E-state index in [2.05, 4.69) is 4.72 Å². The van der Waals surface area contributed by atoms with Crippen molar-refractivity contribution in [1.29, 1.82) is 0 Å². The van der Waals surface area contributed by atoms with Crippen LogP contribution in [0.15, 0.2) is 71.6 Å².